The molecule has 0 bridgehead atoms. The van der Waals surface area contributed by atoms with E-state index in [4.69, 9.17) is 15.3 Å². The quantitative estimate of drug-likeness (QED) is 0.262. The summed E-state index contributed by atoms with van der Waals surface area (Å²) in [4.78, 5) is 0. The first-order valence-electron chi connectivity index (χ1n) is 9.35. The molecule has 4 heteroatoms. The van der Waals surface area contributed by atoms with Crippen LogP contribution in [0.25, 0.3) is 0 Å². The van der Waals surface area contributed by atoms with Crippen molar-refractivity contribution in [3.8, 4) is 12.3 Å². The summed E-state index contributed by atoms with van der Waals surface area (Å²) in [7, 11) is -3.80. The molecule has 0 aromatic carbocycles. The molecule has 0 saturated carbocycles. The lowest BCUT2D eigenvalue weighted by atomic mass is 9.95. The van der Waals surface area contributed by atoms with Crippen LogP contribution in [0.1, 0.15) is 61.3 Å². The van der Waals surface area contributed by atoms with E-state index in [0.29, 0.717) is 6.42 Å². The smallest absolute Gasteiger partial charge is 0.192 e. The van der Waals surface area contributed by atoms with E-state index >= 15 is 0 Å². The summed E-state index contributed by atoms with van der Waals surface area (Å²) in [6.07, 6.45) is 8.90. The van der Waals surface area contributed by atoms with Crippen LogP contribution in [0.3, 0.4) is 0 Å². The topological polar surface area (TPSA) is 18.5 Å². The lowest BCUT2D eigenvalue weighted by Gasteiger charge is -2.46. The third kappa shape index (κ3) is 7.05. The minimum absolute atomic E-state index is 0.0380. The molecule has 0 aromatic heterocycles. The van der Waals surface area contributed by atoms with Crippen LogP contribution in [-0.2, 0) is 8.85 Å². The second-order valence-corrected chi connectivity index (χ2v) is 20.0. The average Bonchev–Trinajstić information content (AvgIpc) is 2.34. The molecule has 0 spiro atoms. The Kier molecular flexibility index (Phi) is 8.01. The molecule has 0 heterocycles. The van der Waals surface area contributed by atoms with Gasteiger partial charge in [0.25, 0.3) is 0 Å². The van der Waals surface area contributed by atoms with Crippen LogP contribution < -0.4 is 0 Å². The lowest BCUT2D eigenvalue weighted by molar-refractivity contribution is 0.0346. The molecule has 25 heavy (non-hydrogen) atoms. The highest BCUT2D eigenvalue weighted by Gasteiger charge is 2.45. The third-order valence-corrected chi connectivity index (χ3v) is 15.1. The second-order valence-electron chi connectivity index (χ2n) is 10.5. The van der Waals surface area contributed by atoms with Gasteiger partial charge in [-0.25, -0.2) is 0 Å². The van der Waals surface area contributed by atoms with E-state index < -0.39 is 16.6 Å². The maximum atomic E-state index is 6.75. The van der Waals surface area contributed by atoms with Gasteiger partial charge in [0.05, 0.1) is 11.7 Å². The van der Waals surface area contributed by atoms with E-state index in [1.807, 2.05) is 6.08 Å². The molecule has 0 aliphatic rings. The Morgan fingerprint density at radius 3 is 1.72 bits per heavy atom. The van der Waals surface area contributed by atoms with E-state index in [1.165, 1.54) is 0 Å². The Morgan fingerprint density at radius 1 is 0.960 bits per heavy atom. The summed E-state index contributed by atoms with van der Waals surface area (Å²) in [6, 6.07) is 0. The molecule has 0 aromatic rings. The molecule has 0 rings (SSSR count). The standard InChI is InChI=1S/C21H42O2Si2/c1-14-16-21(9,23-25(12,13)20(6,7)8)17-18(15-2)22-24(10,11)19(3,4)5/h1,15,18H,2,16-17H2,3-13H3/t18?,21-/m0/s1. The van der Waals surface area contributed by atoms with Crippen molar-refractivity contribution in [3.63, 3.8) is 0 Å². The largest absolute Gasteiger partial charge is 0.411 e. The molecule has 0 amide bonds. The molecular weight excluding hydrogens is 340 g/mol. The average molecular weight is 383 g/mol. The number of hydrogen-bond donors (Lipinski definition) is 0. The Hall–Kier alpha value is -0.346. The molecule has 0 radical (unpaired) electrons. The molecule has 1 unspecified atom stereocenters. The molecule has 2 atom stereocenters. The molecule has 2 nitrogen and oxygen atoms in total. The Morgan fingerprint density at radius 2 is 1.40 bits per heavy atom. The van der Waals surface area contributed by atoms with Gasteiger partial charge in [0, 0.05) is 12.8 Å². The maximum Gasteiger partial charge on any atom is 0.192 e. The minimum Gasteiger partial charge on any atom is -0.411 e. The van der Waals surface area contributed by atoms with Crippen molar-refractivity contribution >= 4 is 16.6 Å². The number of terminal acetylenes is 1. The summed E-state index contributed by atoms with van der Waals surface area (Å²) in [5.74, 6) is 2.82. The molecule has 0 N–H and O–H groups in total. The monoisotopic (exact) mass is 382 g/mol. The van der Waals surface area contributed by atoms with Crippen molar-refractivity contribution in [2.45, 2.75) is 109 Å². The number of hydrogen-bond acceptors (Lipinski definition) is 2. The zero-order valence-electron chi connectivity index (χ0n) is 18.7. The van der Waals surface area contributed by atoms with E-state index in [1.54, 1.807) is 0 Å². The summed E-state index contributed by atoms with van der Waals surface area (Å²) >= 11 is 0. The van der Waals surface area contributed by atoms with Gasteiger partial charge in [-0.3, -0.25) is 0 Å². The first-order valence-corrected chi connectivity index (χ1v) is 15.2. The highest BCUT2D eigenvalue weighted by atomic mass is 28.4. The van der Waals surface area contributed by atoms with Crippen LogP contribution in [-0.4, -0.2) is 28.3 Å². The van der Waals surface area contributed by atoms with Gasteiger partial charge in [0.1, 0.15) is 0 Å². The van der Waals surface area contributed by atoms with Gasteiger partial charge in [-0.05, 0) is 43.2 Å². The SMILES string of the molecule is C#CC[C@@](C)(CC(C=C)O[Si](C)(C)C(C)(C)C)O[Si](C)(C)C(C)(C)C. The molecular formula is C21H42O2Si2. The molecule has 0 aliphatic carbocycles. The predicted molar refractivity (Wildman–Crippen MR) is 117 cm³/mol. The lowest BCUT2D eigenvalue weighted by Crippen LogP contribution is -2.51. The highest BCUT2D eigenvalue weighted by molar-refractivity contribution is 6.74. The van der Waals surface area contributed by atoms with Gasteiger partial charge in [0.15, 0.2) is 16.6 Å². The van der Waals surface area contributed by atoms with E-state index in [-0.39, 0.29) is 21.8 Å². The first-order chi connectivity index (χ1) is 10.9. The van der Waals surface area contributed by atoms with Crippen LogP contribution in [0.5, 0.6) is 0 Å². The zero-order chi connectivity index (χ0) is 20.3. The van der Waals surface area contributed by atoms with Crippen LogP contribution in [0.15, 0.2) is 12.7 Å². The van der Waals surface area contributed by atoms with Crippen molar-refractivity contribution in [1.29, 1.82) is 0 Å². The van der Waals surface area contributed by atoms with E-state index in [9.17, 15) is 0 Å². The van der Waals surface area contributed by atoms with E-state index in [2.05, 4.69) is 87.2 Å². The van der Waals surface area contributed by atoms with Crippen molar-refractivity contribution in [2.75, 3.05) is 0 Å². The van der Waals surface area contributed by atoms with Gasteiger partial charge in [-0.1, -0.05) is 47.6 Å². The normalized spacial score (nSPS) is 17.5. The van der Waals surface area contributed by atoms with Crippen LogP contribution in [0.4, 0.5) is 0 Å². The summed E-state index contributed by atoms with van der Waals surface area (Å²) in [5.41, 5.74) is -0.390. The fourth-order valence-electron chi connectivity index (χ4n) is 2.29. The zero-order valence-corrected chi connectivity index (χ0v) is 20.7. The summed E-state index contributed by atoms with van der Waals surface area (Å²) in [5, 5.41) is 0.309. The van der Waals surface area contributed by atoms with Gasteiger partial charge < -0.3 is 8.85 Å². The molecule has 0 fully saturated rings. The highest BCUT2D eigenvalue weighted by Crippen LogP contribution is 2.42. The fourth-order valence-corrected chi connectivity index (χ4v) is 5.27. The first kappa shape index (κ1) is 24.7. The molecule has 0 aliphatic heterocycles. The fraction of sp³-hybridized carbons (Fsp3) is 0.810. The van der Waals surface area contributed by atoms with Gasteiger partial charge in [0.2, 0.25) is 0 Å². The Labute approximate surface area is 160 Å². The maximum absolute atomic E-state index is 6.75. The summed E-state index contributed by atoms with van der Waals surface area (Å²) in [6.45, 7) is 28.8. The molecule has 146 valence electrons. The van der Waals surface area contributed by atoms with Crippen LogP contribution in [0.2, 0.25) is 36.3 Å². The second kappa shape index (κ2) is 8.12. The Balaban J connectivity index is 5.47. The minimum atomic E-state index is -1.93. The van der Waals surface area contributed by atoms with Crippen LogP contribution in [0, 0.1) is 12.3 Å². The number of rotatable bonds is 8. The Bertz CT molecular complexity index is 489. The van der Waals surface area contributed by atoms with Gasteiger partial charge in [-0.2, -0.15) is 0 Å². The third-order valence-electron chi connectivity index (χ3n) is 5.93. The predicted octanol–water partition coefficient (Wildman–Crippen LogP) is 6.76. The van der Waals surface area contributed by atoms with Crippen molar-refractivity contribution in [3.05, 3.63) is 12.7 Å². The van der Waals surface area contributed by atoms with Crippen molar-refractivity contribution in [1.82, 2.24) is 0 Å². The van der Waals surface area contributed by atoms with Crippen LogP contribution >= 0.6 is 0 Å². The van der Waals surface area contributed by atoms with Crippen molar-refractivity contribution in [2.24, 2.45) is 0 Å². The van der Waals surface area contributed by atoms with Gasteiger partial charge >= 0.3 is 0 Å². The van der Waals surface area contributed by atoms with Gasteiger partial charge in [-0.15, -0.1) is 18.9 Å². The van der Waals surface area contributed by atoms with E-state index in [0.717, 1.165) is 6.42 Å². The molecule has 0 saturated heterocycles. The summed E-state index contributed by atoms with van der Waals surface area (Å²) < 4.78 is 13.3. The van der Waals surface area contributed by atoms with Crippen molar-refractivity contribution < 1.29 is 8.85 Å².